The third kappa shape index (κ3) is 10.1. The average molecular weight is 734 g/mol. The van der Waals surface area contributed by atoms with Crippen LogP contribution in [-0.4, -0.2) is 35.7 Å². The molecule has 1 fully saturated rings. The van der Waals surface area contributed by atoms with Gasteiger partial charge in [-0.15, -0.1) is 0 Å². The Morgan fingerprint density at radius 2 is 1.42 bits per heavy atom. The number of benzene rings is 6. The average Bonchev–Trinajstić information content (AvgIpc) is 3.24. The molecule has 0 radical (unpaired) electrons. The Hall–Kier alpha value is -5.77. The van der Waals surface area contributed by atoms with Crippen molar-refractivity contribution < 1.29 is 24.1 Å². The molecule has 3 N–H and O–H groups in total. The molecule has 6 aromatic carbocycles. The molecule has 0 saturated carbocycles. The highest BCUT2D eigenvalue weighted by Gasteiger charge is 2.33. The van der Waals surface area contributed by atoms with Crippen LogP contribution in [0, 0.1) is 0 Å². The highest BCUT2D eigenvalue weighted by atomic mass is 16.7. The van der Waals surface area contributed by atoms with Gasteiger partial charge in [-0.3, -0.25) is 4.90 Å². The summed E-state index contributed by atoms with van der Waals surface area (Å²) in [4.78, 5) is 15.1. The molecule has 1 heterocycles. The van der Waals surface area contributed by atoms with Crippen molar-refractivity contribution in [3.8, 4) is 22.6 Å². The van der Waals surface area contributed by atoms with Gasteiger partial charge < -0.3 is 30.0 Å². The van der Waals surface area contributed by atoms with E-state index in [4.69, 9.17) is 14.2 Å². The zero-order valence-corrected chi connectivity index (χ0v) is 31.2. The summed E-state index contributed by atoms with van der Waals surface area (Å²) in [6, 6.07) is 51.8. The number of likely N-dealkylation sites (N-methyl/N-ethyl adjacent to an activating group) is 1. The van der Waals surface area contributed by atoms with Crippen LogP contribution in [0.15, 0.2) is 158 Å². The van der Waals surface area contributed by atoms with Crippen molar-refractivity contribution in [3.63, 3.8) is 0 Å². The Bertz CT molecular complexity index is 2110. The van der Waals surface area contributed by atoms with E-state index in [1.807, 2.05) is 97.1 Å². The van der Waals surface area contributed by atoms with Gasteiger partial charge in [-0.2, -0.15) is 0 Å². The zero-order chi connectivity index (χ0) is 38.0. The minimum absolute atomic E-state index is 0.00500. The van der Waals surface area contributed by atoms with Crippen LogP contribution in [0.5, 0.6) is 11.5 Å². The summed E-state index contributed by atoms with van der Waals surface area (Å²) in [6.07, 6.45) is -0.0526. The lowest BCUT2D eigenvalue weighted by Crippen LogP contribution is -2.38. The Kier molecular flexibility index (Phi) is 12.3. The quantitative estimate of drug-likeness (QED) is 0.109. The molecule has 1 aliphatic heterocycles. The highest BCUT2D eigenvalue weighted by molar-refractivity contribution is 5.89. The van der Waals surface area contributed by atoms with Crippen molar-refractivity contribution >= 4 is 11.7 Å². The Morgan fingerprint density at radius 3 is 2.13 bits per heavy atom. The normalized spacial score (nSPS) is 17.3. The van der Waals surface area contributed by atoms with Crippen LogP contribution in [0.4, 0.5) is 10.5 Å². The zero-order valence-electron chi connectivity index (χ0n) is 31.2. The first-order valence-corrected chi connectivity index (χ1v) is 18.7. The minimum Gasteiger partial charge on any atom is -0.457 e. The van der Waals surface area contributed by atoms with Gasteiger partial charge in [-0.1, -0.05) is 115 Å². The fourth-order valence-electron chi connectivity index (χ4n) is 6.78. The number of hydrogen-bond acceptors (Lipinski definition) is 6. The third-order valence-electron chi connectivity index (χ3n) is 10.0. The molecule has 1 aliphatic rings. The predicted molar refractivity (Wildman–Crippen MR) is 217 cm³/mol. The maximum atomic E-state index is 12.7. The second kappa shape index (κ2) is 18.0. The Labute approximate surface area is 323 Å². The van der Waals surface area contributed by atoms with Crippen LogP contribution in [0.3, 0.4) is 0 Å². The van der Waals surface area contributed by atoms with Crippen LogP contribution in [-0.2, 0) is 22.6 Å². The number of anilines is 1. The third-order valence-corrected chi connectivity index (χ3v) is 10.0. The fourth-order valence-corrected chi connectivity index (χ4v) is 6.78. The van der Waals surface area contributed by atoms with Crippen LogP contribution < -0.4 is 15.4 Å². The van der Waals surface area contributed by atoms with Crippen LogP contribution in [0.2, 0.25) is 0 Å². The summed E-state index contributed by atoms with van der Waals surface area (Å²) >= 11 is 0. The summed E-state index contributed by atoms with van der Waals surface area (Å²) < 4.78 is 19.1. The van der Waals surface area contributed by atoms with E-state index in [-0.39, 0.29) is 30.9 Å². The summed E-state index contributed by atoms with van der Waals surface area (Å²) in [5, 5.41) is 15.4. The van der Waals surface area contributed by atoms with Gasteiger partial charge in [-0.05, 0) is 89.8 Å². The molecule has 6 aromatic rings. The molecule has 8 nitrogen and oxygen atoms in total. The maximum Gasteiger partial charge on any atom is 0.319 e. The number of carbonyl (C=O) groups is 1. The summed E-state index contributed by atoms with van der Waals surface area (Å²) in [5.41, 5.74) is 7.89. The van der Waals surface area contributed by atoms with Crippen molar-refractivity contribution in [2.24, 2.45) is 0 Å². The van der Waals surface area contributed by atoms with E-state index in [1.165, 1.54) is 5.56 Å². The molecule has 280 valence electrons. The van der Waals surface area contributed by atoms with Gasteiger partial charge in [0, 0.05) is 36.8 Å². The van der Waals surface area contributed by atoms with E-state index in [9.17, 15) is 9.90 Å². The first-order valence-electron chi connectivity index (χ1n) is 18.7. The molecule has 0 spiro atoms. The number of aliphatic hydroxyl groups excluding tert-OH is 1. The van der Waals surface area contributed by atoms with Gasteiger partial charge in [-0.25, -0.2) is 4.79 Å². The fraction of sp³-hybridized carbons (Fsp3) is 0.213. The molecular weight excluding hydrogens is 687 g/mol. The largest absolute Gasteiger partial charge is 0.457 e. The van der Waals surface area contributed by atoms with Gasteiger partial charge in [0.2, 0.25) is 0 Å². The van der Waals surface area contributed by atoms with Crippen molar-refractivity contribution in [3.05, 3.63) is 186 Å². The molecule has 55 heavy (non-hydrogen) atoms. The number of rotatable bonds is 13. The first-order chi connectivity index (χ1) is 26.9. The van der Waals surface area contributed by atoms with Gasteiger partial charge in [0.1, 0.15) is 11.5 Å². The minimum atomic E-state index is -0.544. The number of aliphatic hydroxyl groups is 1. The SMILES string of the molecule is C[C@@H](c1ccccc1)N(C)C[C@@H]1C[C@H](c2ccc(CO)cc2)O[C@H](c2ccc(-c3cccc(CNC(=O)Nc4ccc(Oc5ccccc5)cc4)c3)cc2)O1. The van der Waals surface area contributed by atoms with E-state index in [0.717, 1.165) is 45.7 Å². The second-order valence-corrected chi connectivity index (χ2v) is 13.9. The van der Waals surface area contributed by atoms with Gasteiger partial charge in [0.25, 0.3) is 0 Å². The van der Waals surface area contributed by atoms with E-state index in [0.29, 0.717) is 24.4 Å². The number of nitrogens with zero attached hydrogens (tertiary/aromatic N) is 1. The number of urea groups is 1. The van der Waals surface area contributed by atoms with Crippen LogP contribution in [0.25, 0.3) is 11.1 Å². The number of para-hydroxylation sites is 1. The highest BCUT2D eigenvalue weighted by Crippen LogP contribution is 2.39. The maximum absolute atomic E-state index is 12.7. The van der Waals surface area contributed by atoms with Gasteiger partial charge in [0.15, 0.2) is 6.29 Å². The summed E-state index contributed by atoms with van der Waals surface area (Å²) in [6.45, 7) is 3.34. The van der Waals surface area contributed by atoms with Crippen molar-refractivity contribution in [2.45, 2.75) is 51.0 Å². The molecular formula is C47H47N3O5. The summed E-state index contributed by atoms with van der Waals surface area (Å²) in [5.74, 6) is 1.44. The molecule has 4 atom stereocenters. The van der Waals surface area contributed by atoms with Crippen molar-refractivity contribution in [1.29, 1.82) is 0 Å². The van der Waals surface area contributed by atoms with Crippen molar-refractivity contribution in [1.82, 2.24) is 10.2 Å². The van der Waals surface area contributed by atoms with Gasteiger partial charge >= 0.3 is 6.03 Å². The predicted octanol–water partition coefficient (Wildman–Crippen LogP) is 10.2. The monoisotopic (exact) mass is 733 g/mol. The number of ether oxygens (including phenoxy) is 3. The lowest BCUT2D eigenvalue weighted by Gasteiger charge is -2.39. The number of carbonyl (C=O) groups excluding carboxylic acids is 1. The second-order valence-electron chi connectivity index (χ2n) is 13.9. The first kappa shape index (κ1) is 37.5. The van der Waals surface area contributed by atoms with E-state index in [2.05, 4.69) is 90.2 Å². The summed E-state index contributed by atoms with van der Waals surface area (Å²) in [7, 11) is 2.14. The molecule has 0 unspecified atom stereocenters. The lowest BCUT2D eigenvalue weighted by molar-refractivity contribution is -0.253. The molecule has 1 saturated heterocycles. The molecule has 0 aromatic heterocycles. The van der Waals surface area contributed by atoms with E-state index in [1.54, 1.807) is 0 Å². The molecule has 8 heteroatoms. The lowest BCUT2D eigenvalue weighted by atomic mass is 9.98. The molecule has 0 aliphatic carbocycles. The Morgan fingerprint density at radius 1 is 0.745 bits per heavy atom. The van der Waals surface area contributed by atoms with Gasteiger partial charge in [0.05, 0.1) is 18.8 Å². The number of hydrogen-bond donors (Lipinski definition) is 3. The standard InChI is InChI=1S/C47H47N3O5/c1-33(36-11-5-3-6-12-36)50(2)31-44-29-45(38-18-16-34(32-51)17-19-38)55-46(54-44)39-22-20-37(21-23-39)40-13-9-10-35(28-40)30-48-47(52)49-41-24-26-43(27-25-41)53-42-14-7-4-8-15-42/h3-28,33,44-46,51H,29-32H2,1-2H3,(H2,48,49,52)/t33-,44-,45+,46+/m0/s1. The number of amides is 2. The molecule has 2 amide bonds. The molecule has 7 rings (SSSR count). The smallest absolute Gasteiger partial charge is 0.319 e. The Balaban J connectivity index is 0.982. The van der Waals surface area contributed by atoms with E-state index < -0.39 is 6.29 Å². The van der Waals surface area contributed by atoms with Crippen molar-refractivity contribution in [2.75, 3.05) is 18.9 Å². The number of nitrogens with one attached hydrogen (secondary N) is 2. The van der Waals surface area contributed by atoms with E-state index >= 15 is 0 Å². The van der Waals surface area contributed by atoms with Crippen LogP contribution >= 0.6 is 0 Å². The topological polar surface area (TPSA) is 92.3 Å². The molecule has 0 bridgehead atoms. The van der Waals surface area contributed by atoms with Crippen LogP contribution in [0.1, 0.15) is 59.6 Å².